The van der Waals surface area contributed by atoms with E-state index in [0.717, 1.165) is 42.3 Å². The Hall–Kier alpha value is -1.62. The molecule has 1 unspecified atom stereocenters. The van der Waals surface area contributed by atoms with Crippen LogP contribution >= 0.6 is 11.8 Å². The number of thioether (sulfide) groups is 1. The van der Waals surface area contributed by atoms with Crippen molar-refractivity contribution >= 4 is 17.7 Å². The van der Waals surface area contributed by atoms with Crippen molar-refractivity contribution < 1.29 is 14.3 Å². The number of allylic oxidation sites excluding steroid dienone is 1. The van der Waals surface area contributed by atoms with Crippen LogP contribution in [0.15, 0.2) is 29.8 Å². The molecule has 4 nitrogen and oxygen atoms in total. The Morgan fingerprint density at radius 2 is 2.09 bits per heavy atom. The van der Waals surface area contributed by atoms with Gasteiger partial charge in [0.25, 0.3) is 0 Å². The molecule has 2 heterocycles. The summed E-state index contributed by atoms with van der Waals surface area (Å²) in [7, 11) is 0. The fraction of sp³-hybridized carbons (Fsp3) is 0.471. The van der Waals surface area contributed by atoms with Crippen LogP contribution in [0.2, 0.25) is 0 Å². The van der Waals surface area contributed by atoms with Gasteiger partial charge in [-0.3, -0.25) is 4.79 Å². The van der Waals surface area contributed by atoms with E-state index in [1.54, 1.807) is 6.08 Å². The molecular weight excluding hydrogens is 298 g/mol. The number of nitrogens with zero attached hydrogens (tertiary/aromatic N) is 1. The Bertz CT molecular complexity index is 596. The van der Waals surface area contributed by atoms with Crippen LogP contribution in [-0.4, -0.2) is 36.4 Å². The molecule has 0 saturated carbocycles. The predicted molar refractivity (Wildman–Crippen MR) is 88.4 cm³/mol. The van der Waals surface area contributed by atoms with E-state index in [1.807, 2.05) is 36.6 Å². The van der Waals surface area contributed by atoms with Crippen LogP contribution in [0.3, 0.4) is 0 Å². The zero-order chi connectivity index (χ0) is 15.5. The van der Waals surface area contributed by atoms with Crippen molar-refractivity contribution in [2.75, 3.05) is 25.6 Å². The second kappa shape index (κ2) is 6.65. The summed E-state index contributed by atoms with van der Waals surface area (Å²) in [5.74, 6) is 2.75. The Labute approximate surface area is 135 Å². The molecule has 5 heteroatoms. The van der Waals surface area contributed by atoms with Crippen LogP contribution in [-0.2, 0) is 4.79 Å². The first-order valence-corrected chi connectivity index (χ1v) is 8.63. The SMILES string of the molecule is CC(C)=CC(=O)N1CCSC(c2ccc3c(c2)OCO3)CC1. The maximum Gasteiger partial charge on any atom is 0.246 e. The summed E-state index contributed by atoms with van der Waals surface area (Å²) < 4.78 is 10.8. The lowest BCUT2D eigenvalue weighted by molar-refractivity contribution is -0.125. The maximum atomic E-state index is 12.2. The van der Waals surface area contributed by atoms with Crippen molar-refractivity contribution in [3.05, 3.63) is 35.4 Å². The molecule has 1 atom stereocenters. The van der Waals surface area contributed by atoms with Crippen LogP contribution in [0, 0.1) is 0 Å². The molecule has 0 aliphatic carbocycles. The van der Waals surface area contributed by atoms with Crippen LogP contribution in [0.25, 0.3) is 0 Å². The van der Waals surface area contributed by atoms with Crippen LogP contribution < -0.4 is 9.47 Å². The molecule has 0 spiro atoms. The quantitative estimate of drug-likeness (QED) is 0.783. The molecule has 1 amide bonds. The summed E-state index contributed by atoms with van der Waals surface area (Å²) in [4.78, 5) is 14.1. The molecule has 1 aromatic rings. The highest BCUT2D eigenvalue weighted by molar-refractivity contribution is 7.99. The third-order valence-electron chi connectivity index (χ3n) is 3.83. The maximum absolute atomic E-state index is 12.2. The fourth-order valence-electron chi connectivity index (χ4n) is 2.71. The van der Waals surface area contributed by atoms with Crippen LogP contribution in [0.1, 0.15) is 31.1 Å². The van der Waals surface area contributed by atoms with Gasteiger partial charge in [0.05, 0.1) is 0 Å². The molecule has 0 radical (unpaired) electrons. The van der Waals surface area contributed by atoms with Crippen molar-refractivity contribution in [1.29, 1.82) is 0 Å². The first-order valence-electron chi connectivity index (χ1n) is 7.58. The number of hydrogen-bond acceptors (Lipinski definition) is 4. The minimum absolute atomic E-state index is 0.131. The minimum atomic E-state index is 0.131. The van der Waals surface area contributed by atoms with Gasteiger partial charge >= 0.3 is 0 Å². The van der Waals surface area contributed by atoms with Gasteiger partial charge in [-0.05, 0) is 38.0 Å². The molecule has 0 N–H and O–H groups in total. The molecular formula is C17H21NO3S. The van der Waals surface area contributed by atoms with E-state index in [9.17, 15) is 4.79 Å². The molecule has 1 saturated heterocycles. The highest BCUT2D eigenvalue weighted by Gasteiger charge is 2.23. The van der Waals surface area contributed by atoms with Crippen molar-refractivity contribution in [2.24, 2.45) is 0 Å². The average molecular weight is 319 g/mol. The highest BCUT2D eigenvalue weighted by atomic mass is 32.2. The molecule has 22 heavy (non-hydrogen) atoms. The number of amides is 1. The lowest BCUT2D eigenvalue weighted by Crippen LogP contribution is -2.31. The lowest BCUT2D eigenvalue weighted by atomic mass is 10.1. The fourth-order valence-corrected chi connectivity index (χ4v) is 3.93. The number of carbonyl (C=O) groups excluding carboxylic acids is 1. The summed E-state index contributed by atoms with van der Waals surface area (Å²) in [5.41, 5.74) is 2.31. The van der Waals surface area contributed by atoms with E-state index in [2.05, 4.69) is 12.1 Å². The molecule has 2 aliphatic heterocycles. The zero-order valence-electron chi connectivity index (χ0n) is 13.0. The molecule has 1 fully saturated rings. The van der Waals surface area contributed by atoms with Gasteiger partial charge in [-0.25, -0.2) is 0 Å². The number of benzene rings is 1. The monoisotopic (exact) mass is 319 g/mol. The van der Waals surface area contributed by atoms with Gasteiger partial charge in [-0.1, -0.05) is 11.6 Å². The van der Waals surface area contributed by atoms with Crippen molar-refractivity contribution in [2.45, 2.75) is 25.5 Å². The Balaban J connectivity index is 1.68. The standard InChI is InChI=1S/C17H21NO3S/c1-12(2)9-17(19)18-6-5-16(22-8-7-18)13-3-4-14-15(10-13)21-11-20-14/h3-4,9-10,16H,5-8,11H2,1-2H3. The van der Waals surface area contributed by atoms with E-state index >= 15 is 0 Å². The summed E-state index contributed by atoms with van der Waals surface area (Å²) >= 11 is 1.91. The Kier molecular flexibility index (Phi) is 4.62. The number of hydrogen-bond donors (Lipinski definition) is 0. The Morgan fingerprint density at radius 1 is 1.27 bits per heavy atom. The van der Waals surface area contributed by atoms with Crippen molar-refractivity contribution in [3.8, 4) is 11.5 Å². The molecule has 3 rings (SSSR count). The van der Waals surface area contributed by atoms with Gasteiger partial charge in [0.1, 0.15) is 0 Å². The smallest absolute Gasteiger partial charge is 0.246 e. The van der Waals surface area contributed by atoms with Gasteiger partial charge < -0.3 is 14.4 Å². The highest BCUT2D eigenvalue weighted by Crippen LogP contribution is 2.40. The summed E-state index contributed by atoms with van der Waals surface area (Å²) in [6.07, 6.45) is 2.69. The molecule has 2 aliphatic rings. The Morgan fingerprint density at radius 3 is 2.91 bits per heavy atom. The van der Waals surface area contributed by atoms with Gasteiger partial charge in [0.15, 0.2) is 11.5 Å². The van der Waals surface area contributed by atoms with Crippen LogP contribution in [0.4, 0.5) is 0 Å². The number of carbonyl (C=O) groups is 1. The number of rotatable bonds is 2. The molecule has 0 bridgehead atoms. The average Bonchev–Trinajstić information content (AvgIpc) is 2.80. The summed E-state index contributed by atoms with van der Waals surface area (Å²) in [5, 5.41) is 0.402. The number of fused-ring (bicyclic) bond motifs is 1. The predicted octanol–water partition coefficient (Wildman–Crippen LogP) is 3.39. The third-order valence-corrected chi connectivity index (χ3v) is 5.16. The van der Waals surface area contributed by atoms with Gasteiger partial charge in [-0.2, -0.15) is 11.8 Å². The van der Waals surface area contributed by atoms with Gasteiger partial charge in [0, 0.05) is 30.2 Å². The number of ether oxygens (including phenoxy) is 2. The van der Waals surface area contributed by atoms with E-state index in [0.29, 0.717) is 12.0 Å². The van der Waals surface area contributed by atoms with E-state index in [-0.39, 0.29) is 5.91 Å². The second-order valence-corrected chi connectivity index (χ2v) is 7.12. The minimum Gasteiger partial charge on any atom is -0.454 e. The van der Waals surface area contributed by atoms with E-state index in [4.69, 9.17) is 9.47 Å². The lowest BCUT2D eigenvalue weighted by Gasteiger charge is -2.19. The zero-order valence-corrected chi connectivity index (χ0v) is 13.8. The molecule has 0 aromatic heterocycles. The molecule has 118 valence electrons. The van der Waals surface area contributed by atoms with Gasteiger partial charge in [-0.15, -0.1) is 0 Å². The van der Waals surface area contributed by atoms with Crippen molar-refractivity contribution in [1.82, 2.24) is 4.90 Å². The second-order valence-electron chi connectivity index (χ2n) is 5.81. The van der Waals surface area contributed by atoms with E-state index < -0.39 is 0 Å². The summed E-state index contributed by atoms with van der Waals surface area (Å²) in [6, 6.07) is 6.17. The molecule has 1 aromatic carbocycles. The van der Waals surface area contributed by atoms with Crippen molar-refractivity contribution in [3.63, 3.8) is 0 Å². The van der Waals surface area contributed by atoms with E-state index in [1.165, 1.54) is 5.56 Å². The van der Waals surface area contributed by atoms with Crippen LogP contribution in [0.5, 0.6) is 11.5 Å². The third kappa shape index (κ3) is 3.40. The van der Waals surface area contributed by atoms with Gasteiger partial charge in [0.2, 0.25) is 12.7 Å². The first-order chi connectivity index (χ1) is 10.6. The topological polar surface area (TPSA) is 38.8 Å². The summed E-state index contributed by atoms with van der Waals surface area (Å²) in [6.45, 7) is 5.84. The first kappa shape index (κ1) is 15.3. The largest absolute Gasteiger partial charge is 0.454 e. The normalized spacial score (nSPS) is 20.5.